The Bertz CT molecular complexity index is 130. The second kappa shape index (κ2) is 9.52. The van der Waals surface area contributed by atoms with Crippen LogP contribution in [0.1, 0.15) is 0 Å². The van der Waals surface area contributed by atoms with Crippen molar-refractivity contribution < 1.29 is 10.1 Å². The van der Waals surface area contributed by atoms with Crippen LogP contribution < -0.4 is 22.5 Å². The Labute approximate surface area is 51.9 Å². The summed E-state index contributed by atoms with van der Waals surface area (Å²) >= 11 is 0. The number of guanidine groups is 1. The first kappa shape index (κ1) is 10.3. The van der Waals surface area contributed by atoms with Crippen molar-refractivity contribution in [3.8, 4) is 6.19 Å². The third-order valence-corrected chi connectivity index (χ3v) is 0.185. The predicted octanol–water partition coefficient (Wildman–Crippen LogP) is -3.91. The number of hydrogen-bond donors (Lipinski definition) is 4. The van der Waals surface area contributed by atoms with E-state index in [2.05, 4.69) is 10.7 Å². The molecule has 0 saturated carbocycles. The molecule has 0 heterocycles. The molecule has 0 aromatic heterocycles. The van der Waals surface area contributed by atoms with Gasteiger partial charge >= 0.3 is 12.2 Å². The van der Waals surface area contributed by atoms with Crippen LogP contribution in [0, 0.1) is 6.19 Å². The van der Waals surface area contributed by atoms with Crippen molar-refractivity contribution in [1.82, 2.24) is 0 Å². The third-order valence-electron chi connectivity index (χ3n) is 0.185. The molecule has 0 saturated heterocycles. The Morgan fingerprint density at radius 3 is 2.00 bits per heavy atom. The van der Waals surface area contributed by atoms with E-state index in [1.165, 1.54) is 0 Å². The van der Waals surface area contributed by atoms with Crippen LogP contribution in [-0.2, 0) is 4.79 Å². The zero-order chi connectivity index (χ0) is 7.70. The van der Waals surface area contributed by atoms with Crippen LogP contribution >= 0.6 is 0 Å². The Morgan fingerprint density at radius 1 is 1.67 bits per heavy atom. The van der Waals surface area contributed by atoms with E-state index in [4.69, 9.17) is 21.5 Å². The lowest BCUT2D eigenvalue weighted by atomic mass is 11.1. The number of nitrogens with two attached hydrogens (primary N) is 3. The molecule has 0 radical (unpaired) electrons. The second-order valence-electron chi connectivity index (χ2n) is 0.785. The maximum Gasteiger partial charge on any atom is 0.424 e. The van der Waals surface area contributed by atoms with Crippen molar-refractivity contribution in [3.05, 3.63) is 0 Å². The molecule has 0 atom stereocenters. The van der Waals surface area contributed by atoms with Gasteiger partial charge in [0, 0.05) is 0 Å². The average Bonchev–Trinajstić information content (AvgIpc) is 1.67. The van der Waals surface area contributed by atoms with Gasteiger partial charge in [-0.3, -0.25) is 4.79 Å². The number of primary amides is 1. The number of carbonyl (C=O) groups is 1. The quantitative estimate of drug-likeness (QED) is 0.116. The minimum atomic E-state index is -0.134. The predicted molar refractivity (Wildman–Crippen MR) is 30.9 cm³/mol. The molecule has 0 fully saturated rings. The fourth-order valence-electron chi connectivity index (χ4n) is 0.0645. The Hall–Kier alpha value is -1.77. The largest absolute Gasteiger partial charge is 0.424 e. The van der Waals surface area contributed by atoms with Crippen LogP contribution in [0.15, 0.2) is 4.99 Å². The Kier molecular flexibility index (Phi) is 10.9. The van der Waals surface area contributed by atoms with Crippen LogP contribution in [0.5, 0.6) is 0 Å². The topological polar surface area (TPSA) is 131 Å². The average molecular weight is 130 g/mol. The summed E-state index contributed by atoms with van der Waals surface area (Å²) in [5.74, 6) is -0.134. The van der Waals surface area contributed by atoms with Gasteiger partial charge in [-0.15, -0.1) is 0 Å². The number of rotatable bonds is 0. The number of nitrogens with one attached hydrogen (secondary N) is 1. The van der Waals surface area contributed by atoms with Crippen LogP contribution in [0.3, 0.4) is 0 Å². The molecule has 50 valence electrons. The molecule has 0 aromatic carbocycles. The van der Waals surface area contributed by atoms with E-state index in [0.717, 1.165) is 0 Å². The lowest BCUT2D eigenvalue weighted by Crippen LogP contribution is -2.24. The van der Waals surface area contributed by atoms with Crippen LogP contribution in [0.2, 0.25) is 0 Å². The Balaban J connectivity index is 0. The number of carbonyl (C=O) groups excluding carboxylic acids is 1. The first-order valence-electron chi connectivity index (χ1n) is 1.84. The summed E-state index contributed by atoms with van der Waals surface area (Å²) in [5, 5.41) is 6.14. The summed E-state index contributed by atoms with van der Waals surface area (Å²) in [6, 6.07) is 0. The van der Waals surface area contributed by atoms with Gasteiger partial charge in [0.25, 0.3) is 0 Å². The van der Waals surface area contributed by atoms with Crippen molar-refractivity contribution in [2.45, 2.75) is 0 Å². The molecule has 0 spiro atoms. The molecule has 0 unspecified atom stereocenters. The molecule has 0 aliphatic rings. The molecule has 6 heteroatoms. The van der Waals surface area contributed by atoms with Gasteiger partial charge in [-0.1, -0.05) is 0 Å². The standard InChI is InChI=1S/C2H4N4.CH3NO/c3-1-6-2(4)5;2-1-3/h(H4,4,5,6);1H,(H2,2,3)/p+1. The minimum absolute atomic E-state index is 0.134. The van der Waals surface area contributed by atoms with Gasteiger partial charge in [0.15, 0.2) is 0 Å². The molecule has 0 aromatic rings. The Morgan fingerprint density at radius 2 is 2.00 bits per heavy atom. The molecule has 0 rings (SSSR count). The van der Waals surface area contributed by atoms with E-state index in [1.807, 2.05) is 0 Å². The van der Waals surface area contributed by atoms with Gasteiger partial charge in [-0.25, -0.2) is 5.26 Å². The fraction of sp³-hybridized carbons (Fsp3) is 0. The maximum atomic E-state index is 8.58. The van der Waals surface area contributed by atoms with Crippen molar-refractivity contribution in [2.75, 3.05) is 0 Å². The summed E-state index contributed by atoms with van der Waals surface area (Å²) in [5.41, 5.74) is 13.7. The summed E-state index contributed by atoms with van der Waals surface area (Å²) in [6.45, 7) is 0. The molecule has 0 aliphatic heterocycles. The normalized spacial score (nSPS) is 5.22. The van der Waals surface area contributed by atoms with E-state index in [0.29, 0.717) is 0 Å². The molecule has 9 heavy (non-hydrogen) atoms. The first-order valence-corrected chi connectivity index (χ1v) is 1.84. The lowest BCUT2D eigenvalue weighted by molar-refractivity contribution is -0.107. The van der Waals surface area contributed by atoms with Gasteiger partial charge in [-0.2, -0.15) is 0 Å². The zero-order valence-electron chi connectivity index (χ0n) is 4.66. The van der Waals surface area contributed by atoms with Crippen molar-refractivity contribution in [3.63, 3.8) is 0 Å². The van der Waals surface area contributed by atoms with Crippen LogP contribution in [-0.4, -0.2) is 12.4 Å². The molecule has 7 N–H and O–H groups in total. The molecular weight excluding hydrogens is 122 g/mol. The highest BCUT2D eigenvalue weighted by molar-refractivity contribution is 5.76. The van der Waals surface area contributed by atoms with Gasteiger partial charge in [0.1, 0.15) is 0 Å². The lowest BCUT2D eigenvalue weighted by Gasteiger charge is -1.65. The van der Waals surface area contributed by atoms with Crippen LogP contribution in [0.4, 0.5) is 0 Å². The minimum Gasteiger partial charge on any atom is -0.372 e. The smallest absolute Gasteiger partial charge is 0.372 e. The van der Waals surface area contributed by atoms with E-state index >= 15 is 0 Å². The zero-order valence-corrected chi connectivity index (χ0v) is 4.66. The molecular formula is C3H8N5O+. The third kappa shape index (κ3) is 73.7. The highest BCUT2D eigenvalue weighted by Crippen LogP contribution is 1.46. The second-order valence-corrected chi connectivity index (χ2v) is 0.785. The van der Waals surface area contributed by atoms with Gasteiger partial charge in [-0.05, 0) is 0 Å². The van der Waals surface area contributed by atoms with E-state index in [-0.39, 0.29) is 12.4 Å². The van der Waals surface area contributed by atoms with Gasteiger partial charge in [0.2, 0.25) is 6.41 Å². The monoisotopic (exact) mass is 130 g/mol. The van der Waals surface area contributed by atoms with E-state index < -0.39 is 0 Å². The van der Waals surface area contributed by atoms with Gasteiger partial charge in [0.05, 0.1) is 4.99 Å². The summed E-state index contributed by atoms with van der Waals surface area (Å²) in [7, 11) is 0. The summed E-state index contributed by atoms with van der Waals surface area (Å²) < 4.78 is 0. The molecule has 0 bridgehead atoms. The number of aliphatic imine (C=N–C) groups is 1. The molecule has 1 amide bonds. The van der Waals surface area contributed by atoms with Crippen molar-refractivity contribution in [2.24, 2.45) is 22.2 Å². The van der Waals surface area contributed by atoms with Crippen molar-refractivity contribution >= 4 is 12.4 Å². The van der Waals surface area contributed by atoms with E-state index in [1.54, 1.807) is 6.19 Å². The number of nitrogens with zero attached hydrogens (tertiary/aromatic N) is 1. The molecule has 0 aliphatic carbocycles. The SMILES string of the molecule is NC=O.[NH+]#CN=C(N)N. The summed E-state index contributed by atoms with van der Waals surface area (Å²) in [6.07, 6.45) is 1.91. The highest BCUT2D eigenvalue weighted by atomic mass is 16.1. The highest BCUT2D eigenvalue weighted by Gasteiger charge is 1.80. The van der Waals surface area contributed by atoms with Gasteiger partial charge < -0.3 is 17.2 Å². The number of hydrogen-bond acceptors (Lipinski definition) is 2. The van der Waals surface area contributed by atoms with Crippen molar-refractivity contribution in [1.29, 1.82) is 0 Å². The molecule has 6 nitrogen and oxygen atoms in total. The first-order chi connectivity index (χ1) is 4.18. The van der Waals surface area contributed by atoms with E-state index in [9.17, 15) is 0 Å². The van der Waals surface area contributed by atoms with Crippen LogP contribution in [0.25, 0.3) is 0 Å². The number of amides is 1. The fourth-order valence-corrected chi connectivity index (χ4v) is 0.0645. The maximum absolute atomic E-state index is 8.58. The summed E-state index contributed by atoms with van der Waals surface area (Å²) in [4.78, 5) is 11.6.